The third-order valence-corrected chi connectivity index (χ3v) is 7.33. The van der Waals surface area contributed by atoms with E-state index in [1.165, 1.54) is 18.6 Å². The molecule has 0 amide bonds. The highest BCUT2D eigenvalue weighted by Crippen LogP contribution is 2.36. The number of rotatable bonds is 5. The Bertz CT molecular complexity index is 2220. The van der Waals surface area contributed by atoms with Gasteiger partial charge in [-0.2, -0.15) is 0 Å². The smallest absolute Gasteiger partial charge is 0.263 e. The van der Waals surface area contributed by atoms with Crippen molar-refractivity contribution in [1.82, 2.24) is 34.8 Å². The van der Waals surface area contributed by atoms with Crippen molar-refractivity contribution < 1.29 is 4.63 Å². The summed E-state index contributed by atoms with van der Waals surface area (Å²) in [5.41, 5.74) is 3.14. The molecular formula is C29H19ClN8O3. The largest absolute Gasteiger partial charge is 0.361 e. The van der Waals surface area contributed by atoms with Crippen molar-refractivity contribution in [3.63, 3.8) is 0 Å². The molecular weight excluding hydrogens is 544 g/mol. The fourth-order valence-electron chi connectivity index (χ4n) is 5.11. The number of hydrogen-bond donors (Lipinski definition) is 2. The summed E-state index contributed by atoms with van der Waals surface area (Å²) in [4.78, 5) is 42.9. The first-order valence-corrected chi connectivity index (χ1v) is 13.0. The molecule has 41 heavy (non-hydrogen) atoms. The van der Waals surface area contributed by atoms with Crippen LogP contribution in [-0.4, -0.2) is 34.8 Å². The summed E-state index contributed by atoms with van der Waals surface area (Å²) in [7, 11) is 0. The van der Waals surface area contributed by atoms with Crippen LogP contribution in [0.15, 0.2) is 93.6 Å². The molecule has 200 valence electrons. The van der Waals surface area contributed by atoms with Gasteiger partial charge in [0.15, 0.2) is 10.9 Å². The number of nitrogens with one attached hydrogen (secondary N) is 2. The van der Waals surface area contributed by atoms with Crippen molar-refractivity contribution in [3.05, 3.63) is 111 Å². The molecule has 0 bridgehead atoms. The van der Waals surface area contributed by atoms with Gasteiger partial charge in [-0.15, -0.1) is 0 Å². The fraction of sp³-hybridized carbons (Fsp3) is 0.0690. The van der Waals surface area contributed by atoms with Gasteiger partial charge in [0, 0.05) is 35.1 Å². The molecule has 11 nitrogen and oxygen atoms in total. The normalized spacial score (nSPS) is 12.2. The second-order valence-electron chi connectivity index (χ2n) is 9.39. The summed E-state index contributed by atoms with van der Waals surface area (Å²) in [5.74, 6) is 0.321. The topological polar surface area (TPSA) is 144 Å². The molecule has 0 aliphatic carbocycles. The van der Waals surface area contributed by atoms with E-state index in [9.17, 15) is 9.59 Å². The minimum Gasteiger partial charge on any atom is -0.361 e. The van der Waals surface area contributed by atoms with E-state index in [1.54, 1.807) is 16.8 Å². The highest BCUT2D eigenvalue weighted by atomic mass is 35.5. The molecule has 2 aromatic carbocycles. The lowest BCUT2D eigenvalue weighted by molar-refractivity contribution is 0.315. The fourth-order valence-corrected chi connectivity index (χ4v) is 5.51. The molecule has 12 heteroatoms. The van der Waals surface area contributed by atoms with E-state index in [0.717, 1.165) is 0 Å². The van der Waals surface area contributed by atoms with Gasteiger partial charge in [-0.05, 0) is 41.0 Å². The molecule has 1 atom stereocenters. The van der Waals surface area contributed by atoms with Crippen molar-refractivity contribution in [3.8, 4) is 16.8 Å². The van der Waals surface area contributed by atoms with Crippen LogP contribution < -0.4 is 16.3 Å². The Labute approximate surface area is 235 Å². The molecule has 7 rings (SSSR count). The van der Waals surface area contributed by atoms with E-state index in [4.69, 9.17) is 16.2 Å². The van der Waals surface area contributed by atoms with Crippen LogP contribution in [0.1, 0.15) is 18.7 Å². The lowest BCUT2D eigenvalue weighted by atomic mass is 9.98. The number of benzene rings is 2. The molecule has 0 unspecified atom stereocenters. The standard InChI is InChI=1S/C29H19ClN8O3/c1-15(35-28-23-21(39)10-11-31-27(23)33-14-34-28)25-24(30)19-9-5-8-18(16-12-20-26(32-13-16)37-41-36-20)22(19)29(40)38(25)17-6-3-2-4-7-17/h2-15H,1H3,(H2,31,33,34,35,39)/t15-/m0/s1. The van der Waals surface area contributed by atoms with Crippen LogP contribution in [0.4, 0.5) is 5.82 Å². The zero-order chi connectivity index (χ0) is 28.1. The second kappa shape index (κ2) is 9.65. The number of hydrogen-bond acceptors (Lipinski definition) is 9. The highest BCUT2D eigenvalue weighted by molar-refractivity contribution is 6.36. The number of pyridine rings is 3. The number of halogens is 1. The summed E-state index contributed by atoms with van der Waals surface area (Å²) < 4.78 is 6.39. The van der Waals surface area contributed by atoms with Crippen LogP contribution in [0.25, 0.3) is 49.8 Å². The maximum Gasteiger partial charge on any atom is 0.263 e. The highest BCUT2D eigenvalue weighted by Gasteiger charge is 2.24. The molecule has 0 fully saturated rings. The number of aromatic amines is 1. The maximum atomic E-state index is 14.5. The predicted molar refractivity (Wildman–Crippen MR) is 155 cm³/mol. The average molecular weight is 563 g/mol. The first-order chi connectivity index (χ1) is 20.0. The number of aromatic nitrogens is 7. The summed E-state index contributed by atoms with van der Waals surface area (Å²) in [5, 5.41) is 12.6. The van der Waals surface area contributed by atoms with Gasteiger partial charge in [0.1, 0.15) is 23.2 Å². The monoisotopic (exact) mass is 562 g/mol. The number of fused-ring (bicyclic) bond motifs is 3. The average Bonchev–Trinajstić information content (AvgIpc) is 3.47. The molecule has 0 aliphatic rings. The number of anilines is 1. The number of para-hydroxylation sites is 1. The van der Waals surface area contributed by atoms with Crippen molar-refractivity contribution in [1.29, 1.82) is 0 Å². The van der Waals surface area contributed by atoms with E-state index in [0.29, 0.717) is 66.3 Å². The molecule has 0 saturated carbocycles. The van der Waals surface area contributed by atoms with E-state index in [2.05, 4.69) is 35.6 Å². The van der Waals surface area contributed by atoms with Crippen LogP contribution in [0.3, 0.4) is 0 Å². The second-order valence-corrected chi connectivity index (χ2v) is 9.77. The first-order valence-electron chi connectivity index (χ1n) is 12.6. The molecule has 5 aromatic heterocycles. The Hall–Kier alpha value is -5.42. The minimum atomic E-state index is -0.555. The summed E-state index contributed by atoms with van der Waals surface area (Å²) >= 11 is 7.16. The summed E-state index contributed by atoms with van der Waals surface area (Å²) in [6, 6.07) is 17.3. The molecule has 0 saturated heterocycles. The van der Waals surface area contributed by atoms with E-state index >= 15 is 0 Å². The quantitative estimate of drug-likeness (QED) is 0.294. The van der Waals surface area contributed by atoms with Gasteiger partial charge >= 0.3 is 0 Å². The molecule has 0 aliphatic heterocycles. The third-order valence-electron chi connectivity index (χ3n) is 6.93. The summed E-state index contributed by atoms with van der Waals surface area (Å²) in [6.07, 6.45) is 4.51. The molecule has 0 radical (unpaired) electrons. The van der Waals surface area contributed by atoms with Gasteiger partial charge in [0.05, 0.1) is 22.1 Å². The van der Waals surface area contributed by atoms with Crippen LogP contribution in [0, 0.1) is 0 Å². The van der Waals surface area contributed by atoms with E-state index in [1.807, 2.05) is 55.5 Å². The van der Waals surface area contributed by atoms with E-state index in [-0.39, 0.29) is 11.0 Å². The SMILES string of the molecule is C[C@H](Nc1ncnc2[nH]ccc(=O)c12)c1c(Cl)c2cccc(-c3cnc4nonc4c3)c2c(=O)n1-c1ccccc1. The number of H-pyrrole nitrogens is 1. The van der Waals surface area contributed by atoms with Gasteiger partial charge in [-0.3, -0.25) is 14.2 Å². The van der Waals surface area contributed by atoms with Gasteiger partial charge < -0.3 is 10.3 Å². The van der Waals surface area contributed by atoms with Gasteiger partial charge in [-0.25, -0.2) is 19.6 Å². The van der Waals surface area contributed by atoms with Gasteiger partial charge in [0.25, 0.3) is 5.56 Å². The van der Waals surface area contributed by atoms with Crippen LogP contribution in [0.2, 0.25) is 5.02 Å². The molecule has 7 aromatic rings. The first kappa shape index (κ1) is 24.6. The molecule has 2 N–H and O–H groups in total. The summed E-state index contributed by atoms with van der Waals surface area (Å²) in [6.45, 7) is 1.86. The van der Waals surface area contributed by atoms with E-state index < -0.39 is 6.04 Å². The zero-order valence-electron chi connectivity index (χ0n) is 21.4. The molecule has 5 heterocycles. The lowest BCUT2D eigenvalue weighted by Crippen LogP contribution is -2.27. The Morgan fingerprint density at radius 3 is 2.68 bits per heavy atom. The van der Waals surface area contributed by atoms with Crippen molar-refractivity contribution in [2.24, 2.45) is 0 Å². The van der Waals surface area contributed by atoms with Crippen LogP contribution >= 0.6 is 11.6 Å². The van der Waals surface area contributed by atoms with Crippen molar-refractivity contribution in [2.75, 3.05) is 5.32 Å². The third kappa shape index (κ3) is 4.02. The van der Waals surface area contributed by atoms with Gasteiger partial charge in [0.2, 0.25) is 5.65 Å². The van der Waals surface area contributed by atoms with Crippen molar-refractivity contribution in [2.45, 2.75) is 13.0 Å². The maximum absolute atomic E-state index is 14.5. The Morgan fingerprint density at radius 2 is 1.83 bits per heavy atom. The van der Waals surface area contributed by atoms with Crippen LogP contribution in [-0.2, 0) is 0 Å². The Balaban J connectivity index is 1.48. The lowest BCUT2D eigenvalue weighted by Gasteiger charge is -2.24. The molecule has 0 spiro atoms. The Morgan fingerprint density at radius 1 is 0.976 bits per heavy atom. The Kier molecular flexibility index (Phi) is 5.79. The zero-order valence-corrected chi connectivity index (χ0v) is 22.1. The van der Waals surface area contributed by atoms with Crippen LogP contribution in [0.5, 0.6) is 0 Å². The van der Waals surface area contributed by atoms with Gasteiger partial charge in [-0.1, -0.05) is 48.0 Å². The predicted octanol–water partition coefficient (Wildman–Crippen LogP) is 5.05. The number of nitrogens with zero attached hydrogens (tertiary/aromatic N) is 6. The minimum absolute atomic E-state index is 0.239. The van der Waals surface area contributed by atoms with Crippen molar-refractivity contribution >= 4 is 50.4 Å².